The Labute approximate surface area is 130 Å². The summed E-state index contributed by atoms with van der Waals surface area (Å²) in [5.74, 6) is -1.71. The van der Waals surface area contributed by atoms with Crippen molar-refractivity contribution < 1.29 is 19.5 Å². The summed E-state index contributed by atoms with van der Waals surface area (Å²) in [5, 5.41) is 14.1. The Morgan fingerprint density at radius 2 is 1.95 bits per heavy atom. The van der Waals surface area contributed by atoms with Crippen molar-refractivity contribution in [3.63, 3.8) is 0 Å². The van der Waals surface area contributed by atoms with Crippen molar-refractivity contribution in [2.75, 3.05) is 5.32 Å². The summed E-state index contributed by atoms with van der Waals surface area (Å²) in [6.45, 7) is 3.27. The van der Waals surface area contributed by atoms with Gasteiger partial charge >= 0.3 is 12.0 Å². The molecule has 7 nitrogen and oxygen atoms in total. The van der Waals surface area contributed by atoms with Gasteiger partial charge in [-0.3, -0.25) is 4.79 Å². The van der Waals surface area contributed by atoms with Crippen LogP contribution in [0.4, 0.5) is 10.5 Å². The van der Waals surface area contributed by atoms with E-state index in [0.717, 1.165) is 0 Å². The Kier molecular flexibility index (Phi) is 5.31. The van der Waals surface area contributed by atoms with Gasteiger partial charge in [0.2, 0.25) is 5.91 Å². The number of nitrogens with one attached hydrogen (secondary N) is 2. The molecule has 0 atom stereocenters. The van der Waals surface area contributed by atoms with E-state index in [9.17, 15) is 14.4 Å². The van der Waals surface area contributed by atoms with E-state index in [-0.39, 0.29) is 17.7 Å². The lowest BCUT2D eigenvalue weighted by molar-refractivity contribution is -0.119. The molecule has 0 bridgehead atoms. The molecule has 1 aromatic rings. The van der Waals surface area contributed by atoms with Crippen molar-refractivity contribution in [3.8, 4) is 0 Å². The van der Waals surface area contributed by atoms with Crippen LogP contribution in [0.15, 0.2) is 22.7 Å². The maximum Gasteiger partial charge on any atom is 0.337 e. The van der Waals surface area contributed by atoms with Crippen LogP contribution in [-0.4, -0.2) is 28.6 Å². The molecule has 0 saturated carbocycles. The van der Waals surface area contributed by atoms with E-state index in [1.807, 2.05) is 0 Å². The zero-order valence-electron chi connectivity index (χ0n) is 11.6. The molecule has 0 heterocycles. The smallest absolute Gasteiger partial charge is 0.337 e. The zero-order valence-corrected chi connectivity index (χ0v) is 13.2. The highest BCUT2D eigenvalue weighted by atomic mass is 79.9. The Morgan fingerprint density at radius 1 is 1.33 bits per heavy atom. The van der Waals surface area contributed by atoms with Crippen LogP contribution >= 0.6 is 15.9 Å². The number of amides is 3. The van der Waals surface area contributed by atoms with E-state index in [1.165, 1.54) is 12.1 Å². The minimum atomic E-state index is -1.16. The molecule has 0 aliphatic rings. The molecule has 5 N–H and O–H groups in total. The molecule has 0 fully saturated rings. The summed E-state index contributed by atoms with van der Waals surface area (Å²) in [7, 11) is 0. The van der Waals surface area contributed by atoms with E-state index in [2.05, 4.69) is 26.6 Å². The van der Waals surface area contributed by atoms with Crippen molar-refractivity contribution in [1.82, 2.24) is 5.32 Å². The molecule has 0 aromatic heterocycles. The Bertz CT molecular complexity index is 587. The highest BCUT2D eigenvalue weighted by Crippen LogP contribution is 2.21. The number of nitrogens with two attached hydrogens (primary N) is 1. The first kappa shape index (κ1) is 17.0. The third kappa shape index (κ3) is 5.42. The minimum absolute atomic E-state index is 0.0352. The average molecular weight is 358 g/mol. The van der Waals surface area contributed by atoms with Gasteiger partial charge < -0.3 is 21.5 Å². The highest BCUT2D eigenvalue weighted by Gasteiger charge is 2.23. The van der Waals surface area contributed by atoms with E-state index in [4.69, 9.17) is 10.8 Å². The second-order valence-electron chi connectivity index (χ2n) is 5.10. The van der Waals surface area contributed by atoms with Crippen molar-refractivity contribution in [3.05, 3.63) is 28.2 Å². The molecule has 0 saturated heterocycles. The van der Waals surface area contributed by atoms with Gasteiger partial charge in [0.1, 0.15) is 0 Å². The van der Waals surface area contributed by atoms with Crippen molar-refractivity contribution in [2.24, 2.45) is 5.73 Å². The minimum Gasteiger partial charge on any atom is -0.478 e. The lowest BCUT2D eigenvalue weighted by atomic mass is 10.0. The summed E-state index contributed by atoms with van der Waals surface area (Å²) in [4.78, 5) is 33.9. The van der Waals surface area contributed by atoms with Gasteiger partial charge in [-0.15, -0.1) is 0 Å². The van der Waals surface area contributed by atoms with Gasteiger partial charge in [-0.1, -0.05) is 15.9 Å². The van der Waals surface area contributed by atoms with Gasteiger partial charge in [0.25, 0.3) is 0 Å². The number of hydrogen-bond donors (Lipinski definition) is 4. The SMILES string of the molecule is CC(C)(CC(N)=O)NC(=O)Nc1ccc(Br)cc1C(=O)O. The predicted molar refractivity (Wildman–Crippen MR) is 81.1 cm³/mol. The summed E-state index contributed by atoms with van der Waals surface area (Å²) >= 11 is 3.16. The van der Waals surface area contributed by atoms with Crippen LogP contribution in [0.3, 0.4) is 0 Å². The van der Waals surface area contributed by atoms with Crippen molar-refractivity contribution in [2.45, 2.75) is 25.8 Å². The number of urea groups is 1. The number of primary amides is 1. The molecule has 114 valence electrons. The predicted octanol–water partition coefficient (Wildman–Crippen LogP) is 1.92. The largest absolute Gasteiger partial charge is 0.478 e. The summed E-state index contributed by atoms with van der Waals surface area (Å²) in [6.07, 6.45) is -0.0352. The molecular formula is C13H16BrN3O4. The quantitative estimate of drug-likeness (QED) is 0.642. The van der Waals surface area contributed by atoms with Crippen LogP contribution < -0.4 is 16.4 Å². The molecule has 21 heavy (non-hydrogen) atoms. The number of carbonyl (C=O) groups excluding carboxylic acids is 2. The van der Waals surface area contributed by atoms with Gasteiger partial charge in [-0.05, 0) is 32.0 Å². The fourth-order valence-electron chi connectivity index (χ4n) is 1.74. The number of carboxylic acid groups (broad SMARTS) is 1. The normalized spacial score (nSPS) is 10.8. The first-order chi connectivity index (χ1) is 9.60. The third-order valence-electron chi connectivity index (χ3n) is 2.53. The molecule has 0 spiro atoms. The number of carboxylic acids is 1. The van der Waals surface area contributed by atoms with Gasteiger partial charge in [-0.2, -0.15) is 0 Å². The number of rotatable bonds is 5. The van der Waals surface area contributed by atoms with E-state index in [1.54, 1.807) is 19.9 Å². The van der Waals surface area contributed by atoms with Gasteiger partial charge in [-0.25, -0.2) is 9.59 Å². The summed E-state index contributed by atoms with van der Waals surface area (Å²) < 4.78 is 0.583. The molecule has 0 aliphatic carbocycles. The van der Waals surface area contributed by atoms with Crippen molar-refractivity contribution >= 4 is 39.5 Å². The zero-order chi connectivity index (χ0) is 16.2. The maximum absolute atomic E-state index is 11.9. The first-order valence-electron chi connectivity index (χ1n) is 6.01. The number of benzene rings is 1. The fraction of sp³-hybridized carbons (Fsp3) is 0.308. The van der Waals surface area contributed by atoms with Gasteiger partial charge in [0.05, 0.1) is 11.3 Å². The highest BCUT2D eigenvalue weighted by molar-refractivity contribution is 9.10. The lowest BCUT2D eigenvalue weighted by Crippen LogP contribution is -2.47. The van der Waals surface area contributed by atoms with Crippen LogP contribution in [0.5, 0.6) is 0 Å². The topological polar surface area (TPSA) is 122 Å². The van der Waals surface area contributed by atoms with Crippen LogP contribution in [0.25, 0.3) is 0 Å². The van der Waals surface area contributed by atoms with Gasteiger partial charge in [0.15, 0.2) is 0 Å². The van der Waals surface area contributed by atoms with Crippen LogP contribution in [0.1, 0.15) is 30.6 Å². The number of aromatic carboxylic acids is 1. The Balaban J connectivity index is 2.84. The molecule has 1 aromatic carbocycles. The maximum atomic E-state index is 11.9. The second kappa shape index (κ2) is 6.57. The van der Waals surface area contributed by atoms with Gasteiger partial charge in [0, 0.05) is 16.4 Å². The molecule has 0 aliphatic heterocycles. The monoisotopic (exact) mass is 357 g/mol. The van der Waals surface area contributed by atoms with Crippen molar-refractivity contribution in [1.29, 1.82) is 0 Å². The summed E-state index contributed by atoms with van der Waals surface area (Å²) in [5.41, 5.74) is 4.36. The number of anilines is 1. The third-order valence-corrected chi connectivity index (χ3v) is 3.02. The standard InChI is InChI=1S/C13H16BrN3O4/c1-13(2,6-10(15)18)17-12(21)16-9-4-3-7(14)5-8(9)11(19)20/h3-5H,6H2,1-2H3,(H2,15,18)(H,19,20)(H2,16,17,21). The Morgan fingerprint density at radius 3 is 2.48 bits per heavy atom. The van der Waals surface area contributed by atoms with Crippen LogP contribution in [0, 0.1) is 0 Å². The first-order valence-corrected chi connectivity index (χ1v) is 6.80. The van der Waals surface area contributed by atoms with Crippen LogP contribution in [0.2, 0.25) is 0 Å². The lowest BCUT2D eigenvalue weighted by Gasteiger charge is -2.25. The van der Waals surface area contributed by atoms with E-state index >= 15 is 0 Å². The second-order valence-corrected chi connectivity index (χ2v) is 6.02. The number of halogens is 1. The van der Waals surface area contributed by atoms with E-state index in [0.29, 0.717) is 4.47 Å². The van der Waals surface area contributed by atoms with E-state index < -0.39 is 23.4 Å². The number of carbonyl (C=O) groups is 3. The number of hydrogen-bond acceptors (Lipinski definition) is 3. The molecular weight excluding hydrogens is 342 g/mol. The fourth-order valence-corrected chi connectivity index (χ4v) is 2.10. The molecule has 1 rings (SSSR count). The summed E-state index contributed by atoms with van der Waals surface area (Å²) in [6, 6.07) is 3.84. The molecule has 3 amide bonds. The molecule has 0 radical (unpaired) electrons. The Hall–Kier alpha value is -2.09. The average Bonchev–Trinajstić information content (AvgIpc) is 2.28. The van der Waals surface area contributed by atoms with Crippen LogP contribution in [-0.2, 0) is 4.79 Å². The molecule has 8 heteroatoms. The molecule has 0 unspecified atom stereocenters.